The first-order valence-corrected chi connectivity index (χ1v) is 12.2. The Kier molecular flexibility index (Phi) is 7.37. The average molecular weight is 471 g/mol. The minimum Gasteiger partial charge on any atom is -0.495 e. The van der Waals surface area contributed by atoms with Gasteiger partial charge >= 0.3 is 0 Å². The lowest BCUT2D eigenvalue weighted by atomic mass is 9.86. The predicted octanol–water partition coefficient (Wildman–Crippen LogP) is 5.38. The van der Waals surface area contributed by atoms with Crippen LogP contribution in [0, 0.1) is 5.92 Å². The van der Waals surface area contributed by atoms with Crippen LogP contribution in [0.25, 0.3) is 17.1 Å². The van der Waals surface area contributed by atoms with Crippen molar-refractivity contribution in [2.45, 2.75) is 43.8 Å². The van der Waals surface area contributed by atoms with Gasteiger partial charge in [0.2, 0.25) is 5.91 Å². The molecule has 1 N–H and O–H groups in total. The number of nitrogens with one attached hydrogen (secondary N) is 1. The van der Waals surface area contributed by atoms with E-state index in [1.807, 2.05) is 53.1 Å². The van der Waals surface area contributed by atoms with E-state index in [0.29, 0.717) is 27.7 Å². The molecule has 1 aromatic heterocycles. The van der Waals surface area contributed by atoms with Gasteiger partial charge in [-0.05, 0) is 37.0 Å². The molecule has 3 aromatic rings. The summed E-state index contributed by atoms with van der Waals surface area (Å²) in [5.74, 6) is 2.11. The molecule has 0 aliphatic heterocycles. The van der Waals surface area contributed by atoms with Crippen molar-refractivity contribution in [3.63, 3.8) is 0 Å². The van der Waals surface area contributed by atoms with E-state index >= 15 is 0 Å². The van der Waals surface area contributed by atoms with E-state index in [2.05, 4.69) is 22.4 Å². The Balaban J connectivity index is 1.59. The number of carbonyl (C=O) groups excluding carboxylic acids is 1. The Bertz CT molecular complexity index is 1070. The molecule has 4 rings (SSSR count). The van der Waals surface area contributed by atoms with Gasteiger partial charge in [0, 0.05) is 11.6 Å². The van der Waals surface area contributed by atoms with Gasteiger partial charge in [0.1, 0.15) is 5.75 Å². The number of benzene rings is 2. The van der Waals surface area contributed by atoms with Crippen LogP contribution in [0.15, 0.2) is 53.7 Å². The smallest absolute Gasteiger partial charge is 0.230 e. The SMILES string of the molecule is COc1ccc(-n2c(SCC(=O)N[C@H]3CCCC[C@@H]3C)nnc2-c2ccccc2)cc1Cl. The van der Waals surface area contributed by atoms with Gasteiger partial charge in [0.25, 0.3) is 0 Å². The molecule has 0 saturated heterocycles. The van der Waals surface area contributed by atoms with Crippen LogP contribution in [0.3, 0.4) is 0 Å². The van der Waals surface area contributed by atoms with Crippen LogP contribution >= 0.6 is 23.4 Å². The first kappa shape index (κ1) is 22.7. The van der Waals surface area contributed by atoms with Crippen molar-refractivity contribution in [2.75, 3.05) is 12.9 Å². The second kappa shape index (κ2) is 10.4. The van der Waals surface area contributed by atoms with Crippen LogP contribution in [0.4, 0.5) is 0 Å². The zero-order valence-electron chi connectivity index (χ0n) is 18.3. The van der Waals surface area contributed by atoms with Gasteiger partial charge in [-0.25, -0.2) is 0 Å². The Morgan fingerprint density at radius 2 is 1.97 bits per heavy atom. The number of ether oxygens (including phenoxy) is 1. The molecule has 6 nitrogen and oxygen atoms in total. The molecule has 168 valence electrons. The molecule has 0 radical (unpaired) electrons. The molecule has 32 heavy (non-hydrogen) atoms. The van der Waals surface area contributed by atoms with Crippen molar-refractivity contribution in [2.24, 2.45) is 5.92 Å². The molecule has 0 unspecified atom stereocenters. The lowest BCUT2D eigenvalue weighted by Crippen LogP contribution is -2.41. The molecule has 2 aromatic carbocycles. The van der Waals surface area contributed by atoms with Crippen molar-refractivity contribution in [1.29, 1.82) is 0 Å². The fourth-order valence-electron chi connectivity index (χ4n) is 4.07. The Hall–Kier alpha value is -2.51. The quantitative estimate of drug-likeness (QED) is 0.469. The van der Waals surface area contributed by atoms with Crippen LogP contribution in [-0.4, -0.2) is 39.6 Å². The van der Waals surface area contributed by atoms with E-state index in [-0.39, 0.29) is 17.7 Å². The Morgan fingerprint density at radius 1 is 1.19 bits per heavy atom. The molecule has 1 fully saturated rings. The van der Waals surface area contributed by atoms with Gasteiger partial charge in [0.05, 0.1) is 23.6 Å². The summed E-state index contributed by atoms with van der Waals surface area (Å²) in [5.41, 5.74) is 1.74. The summed E-state index contributed by atoms with van der Waals surface area (Å²) in [5, 5.41) is 13.2. The van der Waals surface area contributed by atoms with Crippen LogP contribution in [-0.2, 0) is 4.79 Å². The largest absolute Gasteiger partial charge is 0.495 e. The van der Waals surface area contributed by atoms with Gasteiger partial charge in [-0.1, -0.05) is 73.5 Å². The van der Waals surface area contributed by atoms with Crippen molar-refractivity contribution >= 4 is 29.3 Å². The maximum atomic E-state index is 12.7. The number of nitrogens with zero attached hydrogens (tertiary/aromatic N) is 3. The number of hydrogen-bond acceptors (Lipinski definition) is 5. The maximum absolute atomic E-state index is 12.7. The number of methoxy groups -OCH3 is 1. The highest BCUT2D eigenvalue weighted by Crippen LogP contribution is 2.32. The van der Waals surface area contributed by atoms with E-state index < -0.39 is 0 Å². The number of aromatic nitrogens is 3. The summed E-state index contributed by atoms with van der Waals surface area (Å²) in [6.07, 6.45) is 4.65. The normalized spacial score (nSPS) is 18.3. The summed E-state index contributed by atoms with van der Waals surface area (Å²) in [6.45, 7) is 2.22. The topological polar surface area (TPSA) is 69.0 Å². The highest BCUT2D eigenvalue weighted by molar-refractivity contribution is 7.99. The van der Waals surface area contributed by atoms with Gasteiger partial charge in [-0.3, -0.25) is 9.36 Å². The monoisotopic (exact) mass is 470 g/mol. The van der Waals surface area contributed by atoms with E-state index in [1.54, 1.807) is 7.11 Å². The molecule has 2 atom stereocenters. The molecule has 1 saturated carbocycles. The number of carbonyl (C=O) groups is 1. The number of thioether (sulfide) groups is 1. The van der Waals surface area contributed by atoms with Crippen LogP contribution in [0.1, 0.15) is 32.6 Å². The Labute approximate surface area is 197 Å². The highest BCUT2D eigenvalue weighted by atomic mass is 35.5. The molecule has 1 amide bonds. The first-order chi connectivity index (χ1) is 15.6. The summed E-state index contributed by atoms with van der Waals surface area (Å²) in [6, 6.07) is 15.7. The van der Waals surface area contributed by atoms with Crippen molar-refractivity contribution in [3.8, 4) is 22.8 Å². The number of rotatable bonds is 7. The van der Waals surface area contributed by atoms with Crippen LogP contribution in [0.2, 0.25) is 5.02 Å². The number of amides is 1. The second-order valence-corrected chi connectivity index (χ2v) is 9.40. The molecule has 0 spiro atoms. The molecule has 1 aliphatic rings. The predicted molar refractivity (Wildman–Crippen MR) is 129 cm³/mol. The minimum absolute atomic E-state index is 0.0253. The second-order valence-electron chi connectivity index (χ2n) is 8.05. The van der Waals surface area contributed by atoms with Gasteiger partial charge in [-0.2, -0.15) is 0 Å². The average Bonchev–Trinajstić information content (AvgIpc) is 3.24. The Morgan fingerprint density at radius 3 is 2.69 bits per heavy atom. The van der Waals surface area contributed by atoms with E-state index in [0.717, 1.165) is 17.7 Å². The fourth-order valence-corrected chi connectivity index (χ4v) is 5.09. The zero-order chi connectivity index (χ0) is 22.5. The van der Waals surface area contributed by atoms with Crippen LogP contribution in [0.5, 0.6) is 5.75 Å². The molecular formula is C24H27ClN4O2S. The highest BCUT2D eigenvalue weighted by Gasteiger charge is 2.24. The van der Waals surface area contributed by atoms with Crippen molar-refractivity contribution < 1.29 is 9.53 Å². The lowest BCUT2D eigenvalue weighted by Gasteiger charge is -2.29. The zero-order valence-corrected chi connectivity index (χ0v) is 19.8. The molecule has 0 bridgehead atoms. The number of hydrogen-bond donors (Lipinski definition) is 1. The molecule has 8 heteroatoms. The van der Waals surface area contributed by atoms with Gasteiger partial charge in [-0.15, -0.1) is 10.2 Å². The van der Waals surface area contributed by atoms with E-state index in [9.17, 15) is 4.79 Å². The van der Waals surface area contributed by atoms with Crippen molar-refractivity contribution in [1.82, 2.24) is 20.1 Å². The maximum Gasteiger partial charge on any atom is 0.230 e. The first-order valence-electron chi connectivity index (χ1n) is 10.8. The van der Waals surface area contributed by atoms with Crippen molar-refractivity contribution in [3.05, 3.63) is 53.6 Å². The summed E-state index contributed by atoms with van der Waals surface area (Å²) in [7, 11) is 1.59. The summed E-state index contributed by atoms with van der Waals surface area (Å²) < 4.78 is 7.22. The van der Waals surface area contributed by atoms with E-state index in [1.165, 1.54) is 31.0 Å². The van der Waals surface area contributed by atoms with Crippen LogP contribution < -0.4 is 10.1 Å². The van der Waals surface area contributed by atoms with Gasteiger partial charge < -0.3 is 10.1 Å². The third-order valence-corrected chi connectivity index (χ3v) is 7.07. The standard InChI is InChI=1S/C24H27ClN4O2S/c1-16-8-6-7-11-20(16)26-22(30)15-32-24-28-27-23(17-9-4-3-5-10-17)29(24)18-12-13-21(31-2)19(25)14-18/h3-5,9-10,12-14,16,20H,6-8,11,15H2,1-2H3,(H,26,30)/t16-,20-/m0/s1. The fraction of sp³-hybridized carbons (Fsp3) is 0.375. The lowest BCUT2D eigenvalue weighted by molar-refractivity contribution is -0.119. The summed E-state index contributed by atoms with van der Waals surface area (Å²) >= 11 is 7.77. The third-order valence-electron chi connectivity index (χ3n) is 5.85. The molecular weight excluding hydrogens is 444 g/mol. The molecule has 1 aliphatic carbocycles. The number of halogens is 1. The molecule has 1 heterocycles. The minimum atomic E-state index is 0.0253. The van der Waals surface area contributed by atoms with E-state index in [4.69, 9.17) is 16.3 Å². The summed E-state index contributed by atoms with van der Waals surface area (Å²) in [4.78, 5) is 12.7. The van der Waals surface area contributed by atoms with Gasteiger partial charge in [0.15, 0.2) is 11.0 Å². The third kappa shape index (κ3) is 5.10.